The second-order valence-electron chi connectivity index (χ2n) is 8.74. The van der Waals surface area contributed by atoms with Gasteiger partial charge in [-0.3, -0.25) is 14.7 Å². The van der Waals surface area contributed by atoms with Gasteiger partial charge < -0.3 is 25.6 Å². The van der Waals surface area contributed by atoms with Crippen LogP contribution in [0.3, 0.4) is 0 Å². The van der Waals surface area contributed by atoms with Crippen molar-refractivity contribution in [3.8, 4) is 0 Å². The Kier molecular flexibility index (Phi) is 7.28. The molecule has 0 radical (unpaired) electrons. The molecule has 2 aliphatic rings. The number of ether oxygens (including phenoxy) is 1. The van der Waals surface area contributed by atoms with Crippen LogP contribution in [0.4, 0.5) is 16.3 Å². The van der Waals surface area contributed by atoms with Gasteiger partial charge in [0.2, 0.25) is 10.0 Å². The third-order valence-electron chi connectivity index (χ3n) is 6.25. The summed E-state index contributed by atoms with van der Waals surface area (Å²) in [6, 6.07) is 5.25. The number of nitrogens with zero attached hydrogens (tertiary/aromatic N) is 5. The van der Waals surface area contributed by atoms with Gasteiger partial charge in [0.15, 0.2) is 29.3 Å². The number of nitrogens with one attached hydrogen (secondary N) is 3. The van der Waals surface area contributed by atoms with Crippen LogP contribution in [0.1, 0.15) is 13.2 Å². The highest BCUT2D eigenvalue weighted by molar-refractivity contribution is 7.89. The Morgan fingerprint density at radius 1 is 1.08 bits per heavy atom. The normalized spacial score (nSPS) is 23.3. The molecule has 0 aliphatic carbocycles. The third-order valence-corrected chi connectivity index (χ3v) is 8.14. The van der Waals surface area contributed by atoms with Crippen LogP contribution in [0.15, 0.2) is 54.0 Å². The van der Waals surface area contributed by atoms with Gasteiger partial charge in [0.1, 0.15) is 23.4 Å². The summed E-state index contributed by atoms with van der Waals surface area (Å²) >= 11 is 0. The molecule has 3 amide bonds. The van der Waals surface area contributed by atoms with Crippen LogP contribution in [0.25, 0.3) is 11.2 Å². The molecule has 16 heteroatoms. The number of benzene rings is 1. The number of anilines is 2. The van der Waals surface area contributed by atoms with Crippen molar-refractivity contribution in [2.75, 3.05) is 30.3 Å². The number of imidazole rings is 1. The molecule has 3 aromatic rings. The summed E-state index contributed by atoms with van der Waals surface area (Å²) < 4.78 is 34.3. The minimum atomic E-state index is -3.85. The Morgan fingerprint density at radius 3 is 2.56 bits per heavy atom. The van der Waals surface area contributed by atoms with Crippen LogP contribution in [-0.4, -0.2) is 92.3 Å². The zero-order valence-corrected chi connectivity index (χ0v) is 21.4. The molecule has 5 rings (SSSR count). The van der Waals surface area contributed by atoms with Gasteiger partial charge in [-0.2, -0.15) is 4.31 Å². The lowest BCUT2D eigenvalue weighted by atomic mass is 10.1. The van der Waals surface area contributed by atoms with E-state index in [2.05, 4.69) is 30.9 Å². The molecule has 15 nitrogen and oxygen atoms in total. The predicted octanol–water partition coefficient (Wildman–Crippen LogP) is -0.214. The van der Waals surface area contributed by atoms with Crippen molar-refractivity contribution in [1.29, 1.82) is 0 Å². The van der Waals surface area contributed by atoms with Gasteiger partial charge >= 0.3 is 6.03 Å². The van der Waals surface area contributed by atoms with Gasteiger partial charge in [-0.15, -0.1) is 0 Å². The van der Waals surface area contributed by atoms with Crippen LogP contribution in [0.5, 0.6) is 0 Å². The lowest BCUT2D eigenvalue weighted by Crippen LogP contribution is -2.42. The summed E-state index contributed by atoms with van der Waals surface area (Å²) in [5, 5.41) is 28.5. The quantitative estimate of drug-likeness (QED) is 0.242. The number of urea groups is 1. The van der Waals surface area contributed by atoms with E-state index in [1.807, 2.05) is 0 Å². The fourth-order valence-electron chi connectivity index (χ4n) is 4.36. The number of aliphatic hydroxyl groups excluding tert-OH is 2. The molecule has 1 fully saturated rings. The molecule has 1 saturated heterocycles. The first-order valence-electron chi connectivity index (χ1n) is 12.0. The molecule has 206 valence electrons. The number of amides is 3. The third kappa shape index (κ3) is 4.95. The first kappa shape index (κ1) is 26.6. The standard InChI is InChI=1S/C23H26N8O7S/c1-2-24-21(34)18-16(32)17(33)22(38-18)31-12-27-15-19(25-11-26-20(15)31)29-23(35)28-13-7-3-4-8-14(13)39(36,37)30-9-5-6-10-30/h3-8,11-12,16-18,22,32-33H,2,9-10H2,1H3,(H,24,34)(H2,25,26,28,29,35)/t16?,17?,18-,22+/m0/s1. The van der Waals surface area contributed by atoms with Crippen LogP contribution in [-0.2, 0) is 19.6 Å². The van der Waals surface area contributed by atoms with Crippen molar-refractivity contribution >= 4 is 44.6 Å². The van der Waals surface area contributed by atoms with Crippen molar-refractivity contribution < 1.29 is 33.0 Å². The average Bonchev–Trinajstić information content (AvgIpc) is 3.66. The van der Waals surface area contributed by atoms with Crippen molar-refractivity contribution in [2.45, 2.75) is 36.4 Å². The van der Waals surface area contributed by atoms with Crippen molar-refractivity contribution in [2.24, 2.45) is 0 Å². The Hall–Kier alpha value is -3.96. The summed E-state index contributed by atoms with van der Waals surface area (Å²) in [4.78, 5) is 37.4. The van der Waals surface area contributed by atoms with Gasteiger partial charge in [-0.05, 0) is 19.1 Å². The maximum atomic E-state index is 13.1. The fraction of sp³-hybridized carbons (Fsp3) is 0.348. The molecular formula is C23H26N8O7S. The number of aromatic nitrogens is 4. The number of sulfonamides is 1. The van der Waals surface area contributed by atoms with Crippen molar-refractivity contribution in [3.05, 3.63) is 49.1 Å². The summed E-state index contributed by atoms with van der Waals surface area (Å²) in [5.41, 5.74) is 0.353. The molecule has 1 aromatic carbocycles. The largest absolute Gasteiger partial charge is 0.387 e. The zero-order chi connectivity index (χ0) is 27.7. The van der Waals surface area contributed by atoms with Gasteiger partial charge in [0.05, 0.1) is 12.0 Å². The lowest BCUT2D eigenvalue weighted by Gasteiger charge is -2.18. The van der Waals surface area contributed by atoms with E-state index in [1.165, 1.54) is 27.3 Å². The molecule has 4 atom stereocenters. The minimum absolute atomic E-state index is 0.00589. The molecule has 0 saturated carbocycles. The Morgan fingerprint density at radius 2 is 1.82 bits per heavy atom. The number of likely N-dealkylation sites (N-methyl/N-ethyl adjacent to an activating group) is 1. The number of aliphatic hydroxyl groups is 2. The molecule has 39 heavy (non-hydrogen) atoms. The van der Waals surface area contributed by atoms with Gasteiger partial charge in [-0.25, -0.2) is 28.2 Å². The second-order valence-corrected chi connectivity index (χ2v) is 10.6. The number of carbonyl (C=O) groups is 2. The molecule has 0 spiro atoms. The smallest absolute Gasteiger partial charge is 0.324 e. The average molecular weight is 559 g/mol. The first-order valence-corrected chi connectivity index (χ1v) is 13.5. The van der Waals surface area contributed by atoms with E-state index in [0.29, 0.717) is 6.54 Å². The topological polar surface area (TPSA) is 201 Å². The number of hydrogen-bond acceptors (Lipinski definition) is 10. The number of carbonyl (C=O) groups excluding carboxylic acids is 2. The van der Waals surface area contributed by atoms with Gasteiger partial charge in [0.25, 0.3) is 5.91 Å². The number of para-hydroxylation sites is 1. The van der Waals surface area contributed by atoms with E-state index in [9.17, 15) is 28.2 Å². The summed E-state index contributed by atoms with van der Waals surface area (Å²) in [6.45, 7) is 2.51. The van der Waals surface area contributed by atoms with Crippen molar-refractivity contribution in [3.63, 3.8) is 0 Å². The van der Waals surface area contributed by atoms with E-state index in [-0.39, 0.29) is 40.7 Å². The molecule has 0 bridgehead atoms. The van der Waals surface area contributed by atoms with Crippen molar-refractivity contribution in [1.82, 2.24) is 29.1 Å². The maximum absolute atomic E-state index is 13.1. The molecular weight excluding hydrogens is 532 g/mol. The van der Waals surface area contributed by atoms with Crippen LogP contribution >= 0.6 is 0 Å². The monoisotopic (exact) mass is 558 g/mol. The highest BCUT2D eigenvalue weighted by atomic mass is 32.2. The van der Waals surface area contributed by atoms with E-state index in [1.54, 1.807) is 31.2 Å². The maximum Gasteiger partial charge on any atom is 0.324 e. The Labute approximate surface area is 222 Å². The summed E-state index contributed by atoms with van der Waals surface area (Å²) in [6.07, 6.45) is 0.465. The molecule has 5 N–H and O–H groups in total. The predicted molar refractivity (Wildman–Crippen MR) is 137 cm³/mol. The van der Waals surface area contributed by atoms with E-state index in [4.69, 9.17) is 4.74 Å². The number of fused-ring (bicyclic) bond motifs is 1. The van der Waals surface area contributed by atoms with E-state index >= 15 is 0 Å². The number of rotatable bonds is 7. The summed E-state index contributed by atoms with van der Waals surface area (Å²) in [7, 11) is -3.85. The van der Waals surface area contributed by atoms with Gasteiger partial charge in [-0.1, -0.05) is 24.3 Å². The van der Waals surface area contributed by atoms with Crippen LogP contribution in [0, 0.1) is 0 Å². The summed E-state index contributed by atoms with van der Waals surface area (Å²) in [5.74, 6) is -0.582. The fourth-order valence-corrected chi connectivity index (χ4v) is 5.85. The Balaban J connectivity index is 1.36. The Bertz CT molecular complexity index is 1530. The van der Waals surface area contributed by atoms with E-state index in [0.717, 1.165) is 6.33 Å². The zero-order valence-electron chi connectivity index (χ0n) is 20.6. The first-order chi connectivity index (χ1) is 18.7. The van der Waals surface area contributed by atoms with Gasteiger partial charge in [0, 0.05) is 19.6 Å². The van der Waals surface area contributed by atoms with E-state index < -0.39 is 46.5 Å². The minimum Gasteiger partial charge on any atom is -0.387 e. The molecule has 2 unspecified atom stereocenters. The molecule has 4 heterocycles. The number of hydrogen-bond donors (Lipinski definition) is 5. The second kappa shape index (κ2) is 10.7. The van der Waals surface area contributed by atoms with Crippen LogP contribution in [0.2, 0.25) is 0 Å². The molecule has 2 aliphatic heterocycles. The molecule has 2 aromatic heterocycles. The van der Waals surface area contributed by atoms with Crippen LogP contribution < -0.4 is 16.0 Å². The SMILES string of the molecule is CCNC(=O)[C@H]1O[C@@H](n2cnc3c(NC(=O)Nc4ccccc4S(=O)(=O)N4CC=CC4)ncnc32)C(O)C1O. The lowest BCUT2D eigenvalue weighted by molar-refractivity contribution is -0.137. The highest BCUT2D eigenvalue weighted by Crippen LogP contribution is 2.32. The highest BCUT2D eigenvalue weighted by Gasteiger charge is 2.47.